The molecule has 26 heavy (non-hydrogen) atoms. The molecule has 0 saturated heterocycles. The first kappa shape index (κ1) is 19.2. The molecule has 0 fully saturated rings. The van der Waals surface area contributed by atoms with Gasteiger partial charge in [0, 0.05) is 5.56 Å². The minimum absolute atomic E-state index is 0.0175. The van der Waals surface area contributed by atoms with Gasteiger partial charge in [-0.05, 0) is 55.0 Å². The van der Waals surface area contributed by atoms with Crippen LogP contribution >= 0.6 is 12.2 Å². The summed E-state index contributed by atoms with van der Waals surface area (Å²) in [5.41, 5.74) is 6.14. The van der Waals surface area contributed by atoms with E-state index in [1.54, 1.807) is 43.5 Å². The Hall–Kier alpha value is -3.13. The molecule has 0 aliphatic heterocycles. The van der Waals surface area contributed by atoms with Crippen LogP contribution in [0.3, 0.4) is 0 Å². The number of carbonyl (C=O) groups excluding carboxylic acids is 2. The number of amides is 2. The molecule has 0 radical (unpaired) electrons. The minimum atomic E-state index is -0.451. The number of aryl methyl sites for hydroxylation is 1. The van der Waals surface area contributed by atoms with Crippen molar-refractivity contribution >= 4 is 29.1 Å². The van der Waals surface area contributed by atoms with Crippen LogP contribution in [0, 0.1) is 6.92 Å². The lowest BCUT2D eigenvalue weighted by Crippen LogP contribution is -2.49. The van der Waals surface area contributed by atoms with Gasteiger partial charge in [-0.15, -0.1) is 0 Å². The third kappa shape index (κ3) is 5.75. The summed E-state index contributed by atoms with van der Waals surface area (Å²) in [5.74, 6) is 0.409. The summed E-state index contributed by atoms with van der Waals surface area (Å²) in [6.07, 6.45) is 0. The summed E-state index contributed by atoms with van der Waals surface area (Å²) in [6.45, 7) is 1.61. The molecule has 0 bridgehead atoms. The lowest BCUT2D eigenvalue weighted by molar-refractivity contribution is -0.123. The van der Waals surface area contributed by atoms with Crippen LogP contribution in [0.1, 0.15) is 15.9 Å². The van der Waals surface area contributed by atoms with Crippen LogP contribution in [-0.2, 0) is 4.79 Å². The van der Waals surface area contributed by atoms with Crippen molar-refractivity contribution in [3.8, 4) is 11.5 Å². The molecule has 0 unspecified atom stereocenters. The van der Waals surface area contributed by atoms with Gasteiger partial charge >= 0.3 is 0 Å². The average Bonchev–Trinajstić information content (AvgIpc) is 2.65. The highest BCUT2D eigenvalue weighted by atomic mass is 32.1. The largest absolute Gasteiger partial charge is 0.497 e. The maximum Gasteiger partial charge on any atom is 0.276 e. The molecule has 136 valence electrons. The van der Waals surface area contributed by atoms with E-state index in [1.165, 1.54) is 0 Å². The second-order valence-electron chi connectivity index (χ2n) is 5.24. The van der Waals surface area contributed by atoms with Crippen LogP contribution < -0.4 is 25.6 Å². The number of hydrazine groups is 1. The van der Waals surface area contributed by atoms with Gasteiger partial charge in [0.05, 0.1) is 7.11 Å². The Morgan fingerprint density at radius 2 is 1.65 bits per heavy atom. The van der Waals surface area contributed by atoms with Gasteiger partial charge in [-0.25, -0.2) is 0 Å². The SMILES string of the molecule is COc1ccc(OCC(=O)NNC(=S)NC(=O)c2ccccc2C)cc1. The summed E-state index contributed by atoms with van der Waals surface area (Å²) in [6, 6.07) is 13.9. The van der Waals surface area contributed by atoms with Gasteiger partial charge in [-0.1, -0.05) is 18.2 Å². The van der Waals surface area contributed by atoms with E-state index in [4.69, 9.17) is 21.7 Å². The van der Waals surface area contributed by atoms with Crippen molar-refractivity contribution in [1.29, 1.82) is 0 Å². The lowest BCUT2D eigenvalue weighted by atomic mass is 10.1. The van der Waals surface area contributed by atoms with Crippen molar-refractivity contribution < 1.29 is 19.1 Å². The van der Waals surface area contributed by atoms with E-state index in [0.29, 0.717) is 17.1 Å². The van der Waals surface area contributed by atoms with Crippen LogP contribution in [0.4, 0.5) is 0 Å². The normalized spacial score (nSPS) is 9.77. The Kier molecular flexibility index (Phi) is 6.92. The van der Waals surface area contributed by atoms with Crippen LogP contribution in [0.25, 0.3) is 0 Å². The Morgan fingerprint density at radius 1 is 1.00 bits per heavy atom. The first-order valence-electron chi connectivity index (χ1n) is 7.72. The number of rotatable bonds is 5. The predicted molar refractivity (Wildman–Crippen MR) is 101 cm³/mol. The van der Waals surface area contributed by atoms with Crippen molar-refractivity contribution in [3.05, 3.63) is 59.7 Å². The van der Waals surface area contributed by atoms with Gasteiger partial charge in [0.2, 0.25) is 0 Å². The van der Waals surface area contributed by atoms with Gasteiger partial charge < -0.3 is 9.47 Å². The Labute approximate surface area is 156 Å². The molecule has 3 N–H and O–H groups in total. The third-order valence-electron chi connectivity index (χ3n) is 3.36. The van der Waals surface area contributed by atoms with Crippen molar-refractivity contribution in [1.82, 2.24) is 16.2 Å². The van der Waals surface area contributed by atoms with Gasteiger partial charge in [0.15, 0.2) is 11.7 Å². The number of nitrogens with one attached hydrogen (secondary N) is 3. The molecular weight excluding hydrogens is 354 g/mol. The summed E-state index contributed by atoms with van der Waals surface area (Å²) in [7, 11) is 1.57. The molecule has 0 aromatic heterocycles. The Balaban J connectivity index is 1.73. The second kappa shape index (κ2) is 9.38. The number of carbonyl (C=O) groups is 2. The molecule has 8 heteroatoms. The standard InChI is InChI=1S/C18H19N3O4S/c1-12-5-3-4-6-15(12)17(23)19-18(26)21-20-16(22)11-25-14-9-7-13(24-2)8-10-14/h3-10H,11H2,1-2H3,(H,20,22)(H2,19,21,23,26). The molecule has 2 rings (SSSR count). The summed E-state index contributed by atoms with van der Waals surface area (Å²) < 4.78 is 10.4. The zero-order chi connectivity index (χ0) is 18.9. The molecule has 0 aliphatic rings. The van der Waals surface area contributed by atoms with Crippen LogP contribution in [0.2, 0.25) is 0 Å². The highest BCUT2D eigenvalue weighted by molar-refractivity contribution is 7.80. The molecule has 2 aromatic carbocycles. The topological polar surface area (TPSA) is 88.7 Å². The first-order valence-corrected chi connectivity index (χ1v) is 8.13. The molecule has 7 nitrogen and oxygen atoms in total. The van der Waals surface area contributed by atoms with Gasteiger partial charge in [0.25, 0.3) is 11.8 Å². The summed E-state index contributed by atoms with van der Waals surface area (Å²) >= 11 is 4.98. The fourth-order valence-electron chi connectivity index (χ4n) is 2.01. The van der Waals surface area contributed by atoms with Crippen molar-refractivity contribution in [2.75, 3.05) is 13.7 Å². The molecular formula is C18H19N3O4S. The molecule has 2 aromatic rings. The molecule has 0 saturated carbocycles. The van der Waals surface area contributed by atoms with Crippen LogP contribution in [0.15, 0.2) is 48.5 Å². The predicted octanol–water partition coefficient (Wildman–Crippen LogP) is 1.72. The number of ether oxygens (including phenoxy) is 2. The van der Waals surface area contributed by atoms with E-state index < -0.39 is 5.91 Å². The Bertz CT molecular complexity index is 793. The van der Waals surface area contributed by atoms with Crippen molar-refractivity contribution in [3.63, 3.8) is 0 Å². The molecule has 2 amide bonds. The fourth-order valence-corrected chi connectivity index (χ4v) is 2.16. The maximum absolute atomic E-state index is 12.1. The zero-order valence-corrected chi connectivity index (χ0v) is 15.2. The van der Waals surface area contributed by atoms with Crippen LogP contribution in [0.5, 0.6) is 11.5 Å². The van der Waals surface area contributed by atoms with E-state index in [9.17, 15) is 9.59 Å². The zero-order valence-electron chi connectivity index (χ0n) is 14.4. The number of hydrogen-bond acceptors (Lipinski definition) is 5. The van der Waals surface area contributed by atoms with Crippen molar-refractivity contribution in [2.24, 2.45) is 0 Å². The number of thiocarbonyl (C=S) groups is 1. The number of methoxy groups -OCH3 is 1. The lowest BCUT2D eigenvalue weighted by Gasteiger charge is -2.12. The smallest absolute Gasteiger partial charge is 0.276 e. The quantitative estimate of drug-likeness (QED) is 0.546. The summed E-state index contributed by atoms with van der Waals surface area (Å²) in [4.78, 5) is 23.9. The van der Waals surface area contributed by atoms with Gasteiger partial charge in [-0.3, -0.25) is 25.8 Å². The van der Waals surface area contributed by atoms with Crippen molar-refractivity contribution in [2.45, 2.75) is 6.92 Å². The van der Waals surface area contributed by atoms with E-state index in [1.807, 2.05) is 19.1 Å². The highest BCUT2D eigenvalue weighted by Gasteiger charge is 2.10. The van der Waals surface area contributed by atoms with E-state index in [2.05, 4.69) is 16.2 Å². The maximum atomic E-state index is 12.1. The first-order chi connectivity index (χ1) is 12.5. The van der Waals surface area contributed by atoms with Gasteiger partial charge in [0.1, 0.15) is 11.5 Å². The summed E-state index contributed by atoms with van der Waals surface area (Å²) in [5, 5.41) is 2.47. The Morgan fingerprint density at radius 3 is 2.31 bits per heavy atom. The molecule has 0 atom stereocenters. The van der Waals surface area contributed by atoms with E-state index in [-0.39, 0.29) is 17.6 Å². The molecule has 0 aliphatic carbocycles. The fraction of sp³-hybridized carbons (Fsp3) is 0.167. The van der Waals surface area contributed by atoms with E-state index >= 15 is 0 Å². The minimum Gasteiger partial charge on any atom is -0.497 e. The van der Waals surface area contributed by atoms with Gasteiger partial charge in [-0.2, -0.15) is 0 Å². The average molecular weight is 373 g/mol. The van der Waals surface area contributed by atoms with E-state index in [0.717, 1.165) is 5.56 Å². The third-order valence-corrected chi connectivity index (χ3v) is 3.57. The number of hydrogen-bond donors (Lipinski definition) is 3. The molecule has 0 heterocycles. The molecule has 0 spiro atoms. The van der Waals surface area contributed by atoms with Crippen LogP contribution in [-0.4, -0.2) is 30.6 Å². The monoisotopic (exact) mass is 373 g/mol. The number of benzene rings is 2. The highest BCUT2D eigenvalue weighted by Crippen LogP contribution is 2.16. The second-order valence-corrected chi connectivity index (χ2v) is 5.64.